The molecule has 0 spiro atoms. The lowest BCUT2D eigenvalue weighted by Gasteiger charge is -2.05. The second-order valence-corrected chi connectivity index (χ2v) is 4.82. The summed E-state index contributed by atoms with van der Waals surface area (Å²) >= 11 is 6.09. The van der Waals surface area contributed by atoms with E-state index in [1.54, 1.807) is 24.1 Å². The molecule has 3 rings (SSSR count). The molecule has 0 bridgehead atoms. The minimum absolute atomic E-state index is 0.167. The fourth-order valence-corrected chi connectivity index (χ4v) is 2.11. The van der Waals surface area contributed by atoms with Crippen molar-refractivity contribution in [2.45, 2.75) is 13.5 Å². The Hall–Kier alpha value is -2.28. The molecule has 7 nitrogen and oxygen atoms in total. The van der Waals surface area contributed by atoms with Crippen LogP contribution in [0.3, 0.4) is 0 Å². The van der Waals surface area contributed by atoms with Gasteiger partial charge in [0.25, 0.3) is 5.56 Å². The van der Waals surface area contributed by atoms with Crippen LogP contribution in [-0.4, -0.2) is 29.5 Å². The predicted octanol–water partition coefficient (Wildman–Crippen LogP) is 0.930. The molecule has 102 valence electrons. The van der Waals surface area contributed by atoms with Crippen molar-refractivity contribution in [1.82, 2.24) is 29.5 Å². The van der Waals surface area contributed by atoms with Gasteiger partial charge in [0.05, 0.1) is 17.8 Å². The standard InChI is InChI=1S/C12H11ClN6O/c1-7-3-10(20)19(15-4-7)6-9-16-11(13)8-5-14-18(2)12(8)17-9/h3-5H,6H2,1-2H3. The summed E-state index contributed by atoms with van der Waals surface area (Å²) in [5.74, 6) is 0.421. The van der Waals surface area contributed by atoms with Crippen LogP contribution in [0, 0.1) is 6.92 Å². The second-order valence-electron chi connectivity index (χ2n) is 4.46. The van der Waals surface area contributed by atoms with Crippen LogP contribution < -0.4 is 5.56 Å². The molecule has 0 aliphatic heterocycles. The van der Waals surface area contributed by atoms with Gasteiger partial charge in [0.2, 0.25) is 0 Å². The molecule has 0 radical (unpaired) electrons. The minimum atomic E-state index is -0.199. The highest BCUT2D eigenvalue weighted by atomic mass is 35.5. The number of aromatic nitrogens is 6. The molecule has 20 heavy (non-hydrogen) atoms. The van der Waals surface area contributed by atoms with Crippen molar-refractivity contribution in [3.05, 3.63) is 45.4 Å². The van der Waals surface area contributed by atoms with Gasteiger partial charge >= 0.3 is 0 Å². The summed E-state index contributed by atoms with van der Waals surface area (Å²) in [7, 11) is 1.77. The van der Waals surface area contributed by atoms with Crippen molar-refractivity contribution in [1.29, 1.82) is 0 Å². The van der Waals surface area contributed by atoms with E-state index in [0.29, 0.717) is 22.0 Å². The fourth-order valence-electron chi connectivity index (χ4n) is 1.88. The summed E-state index contributed by atoms with van der Waals surface area (Å²) in [5.41, 5.74) is 1.24. The second kappa shape index (κ2) is 4.68. The minimum Gasteiger partial charge on any atom is -0.268 e. The van der Waals surface area contributed by atoms with Crippen LogP contribution in [0.15, 0.2) is 23.3 Å². The van der Waals surface area contributed by atoms with E-state index in [1.165, 1.54) is 10.7 Å². The molecule has 3 aromatic heterocycles. The van der Waals surface area contributed by atoms with Gasteiger partial charge in [-0.05, 0) is 12.5 Å². The molecule has 0 unspecified atom stereocenters. The first-order valence-corrected chi connectivity index (χ1v) is 6.30. The molecule has 0 fully saturated rings. The van der Waals surface area contributed by atoms with Gasteiger partial charge in [-0.25, -0.2) is 14.6 Å². The topological polar surface area (TPSA) is 78.5 Å². The Balaban J connectivity index is 2.06. The van der Waals surface area contributed by atoms with Gasteiger partial charge < -0.3 is 0 Å². The molecule has 0 atom stereocenters. The Kier molecular flexibility index (Phi) is 2.98. The highest BCUT2D eigenvalue weighted by Gasteiger charge is 2.11. The lowest BCUT2D eigenvalue weighted by molar-refractivity contribution is 0.612. The fraction of sp³-hybridized carbons (Fsp3) is 0.250. The molecule has 0 N–H and O–H groups in total. The highest BCUT2D eigenvalue weighted by molar-refractivity contribution is 6.33. The Morgan fingerprint density at radius 3 is 2.80 bits per heavy atom. The van der Waals surface area contributed by atoms with Gasteiger partial charge in [-0.1, -0.05) is 11.6 Å². The first kappa shape index (κ1) is 12.7. The zero-order chi connectivity index (χ0) is 14.3. The number of hydrogen-bond acceptors (Lipinski definition) is 5. The summed E-state index contributed by atoms with van der Waals surface area (Å²) in [6.45, 7) is 1.98. The molecule has 3 heterocycles. The smallest absolute Gasteiger partial charge is 0.267 e. The number of halogens is 1. The van der Waals surface area contributed by atoms with E-state index in [0.717, 1.165) is 5.56 Å². The number of rotatable bonds is 2. The van der Waals surface area contributed by atoms with Crippen molar-refractivity contribution in [2.24, 2.45) is 7.05 Å². The van der Waals surface area contributed by atoms with Crippen LogP contribution in [0.4, 0.5) is 0 Å². The average Bonchev–Trinajstić information content (AvgIpc) is 2.76. The third-order valence-electron chi connectivity index (χ3n) is 2.89. The van der Waals surface area contributed by atoms with Crippen LogP contribution in [0.2, 0.25) is 5.15 Å². The zero-order valence-electron chi connectivity index (χ0n) is 10.9. The van der Waals surface area contributed by atoms with Crippen molar-refractivity contribution in [2.75, 3.05) is 0 Å². The average molecular weight is 291 g/mol. The largest absolute Gasteiger partial charge is 0.268 e. The van der Waals surface area contributed by atoms with E-state index in [2.05, 4.69) is 20.2 Å². The van der Waals surface area contributed by atoms with E-state index in [9.17, 15) is 4.79 Å². The maximum Gasteiger partial charge on any atom is 0.267 e. The monoisotopic (exact) mass is 290 g/mol. The third-order valence-corrected chi connectivity index (χ3v) is 3.18. The maximum atomic E-state index is 11.8. The van der Waals surface area contributed by atoms with Crippen LogP contribution >= 0.6 is 11.6 Å². The Morgan fingerprint density at radius 1 is 1.25 bits per heavy atom. The lowest BCUT2D eigenvalue weighted by Crippen LogP contribution is -2.23. The first-order chi connectivity index (χ1) is 9.54. The number of aryl methyl sites for hydroxylation is 2. The molecule has 0 saturated heterocycles. The molecule has 0 saturated carbocycles. The van der Waals surface area contributed by atoms with Crippen molar-refractivity contribution in [3.8, 4) is 0 Å². The Morgan fingerprint density at radius 2 is 2.05 bits per heavy atom. The maximum absolute atomic E-state index is 11.8. The zero-order valence-corrected chi connectivity index (χ0v) is 11.7. The molecule has 0 aromatic carbocycles. The number of fused-ring (bicyclic) bond motifs is 1. The van der Waals surface area contributed by atoms with Gasteiger partial charge in [0, 0.05) is 13.1 Å². The third kappa shape index (κ3) is 2.16. The van der Waals surface area contributed by atoms with Gasteiger partial charge in [-0.2, -0.15) is 10.2 Å². The quantitative estimate of drug-likeness (QED) is 0.656. The van der Waals surface area contributed by atoms with Crippen LogP contribution in [0.1, 0.15) is 11.4 Å². The summed E-state index contributed by atoms with van der Waals surface area (Å²) < 4.78 is 2.90. The van der Waals surface area contributed by atoms with Crippen LogP contribution in [0.25, 0.3) is 11.0 Å². The van der Waals surface area contributed by atoms with Crippen LogP contribution in [0.5, 0.6) is 0 Å². The van der Waals surface area contributed by atoms with Gasteiger partial charge in [0.1, 0.15) is 11.7 Å². The summed E-state index contributed by atoms with van der Waals surface area (Å²) in [6.07, 6.45) is 3.23. The van der Waals surface area contributed by atoms with E-state index < -0.39 is 0 Å². The highest BCUT2D eigenvalue weighted by Crippen LogP contribution is 2.19. The molecule has 3 aromatic rings. The van der Waals surface area contributed by atoms with E-state index in [1.807, 2.05) is 6.92 Å². The molecule has 0 amide bonds. The van der Waals surface area contributed by atoms with Crippen molar-refractivity contribution >= 4 is 22.6 Å². The number of hydrogen-bond donors (Lipinski definition) is 0. The molecular formula is C12H11ClN6O. The molecule has 8 heteroatoms. The van der Waals surface area contributed by atoms with Gasteiger partial charge in [0.15, 0.2) is 11.5 Å². The van der Waals surface area contributed by atoms with Crippen molar-refractivity contribution < 1.29 is 0 Å². The summed E-state index contributed by atoms with van der Waals surface area (Å²) in [6, 6.07) is 1.51. The predicted molar refractivity (Wildman–Crippen MR) is 73.7 cm³/mol. The Bertz CT molecular complexity index is 853. The lowest BCUT2D eigenvalue weighted by atomic mass is 10.3. The first-order valence-electron chi connectivity index (χ1n) is 5.92. The van der Waals surface area contributed by atoms with Crippen LogP contribution in [-0.2, 0) is 13.6 Å². The summed E-state index contributed by atoms with van der Waals surface area (Å²) in [4.78, 5) is 20.3. The Labute approximate surface area is 118 Å². The molecule has 0 aliphatic carbocycles. The number of nitrogens with zero attached hydrogens (tertiary/aromatic N) is 6. The SMILES string of the molecule is Cc1cnn(Cc2nc(Cl)c3cnn(C)c3n2)c(=O)c1. The normalized spacial score (nSPS) is 11.2. The van der Waals surface area contributed by atoms with Crippen molar-refractivity contribution in [3.63, 3.8) is 0 Å². The molecule has 0 aliphatic rings. The van der Waals surface area contributed by atoms with E-state index >= 15 is 0 Å². The molecular weight excluding hydrogens is 280 g/mol. The van der Waals surface area contributed by atoms with Gasteiger partial charge in [-0.3, -0.25) is 9.48 Å². The van der Waals surface area contributed by atoms with E-state index in [-0.39, 0.29) is 12.1 Å². The van der Waals surface area contributed by atoms with E-state index in [4.69, 9.17) is 11.6 Å². The van der Waals surface area contributed by atoms with Gasteiger partial charge in [-0.15, -0.1) is 0 Å². The summed E-state index contributed by atoms with van der Waals surface area (Å²) in [5, 5.41) is 9.13.